The number of carbonyl (C=O) groups is 2. The van der Waals surface area contributed by atoms with Crippen molar-refractivity contribution in [3.63, 3.8) is 0 Å². The summed E-state index contributed by atoms with van der Waals surface area (Å²) in [6.07, 6.45) is 2.60. The van der Waals surface area contributed by atoms with Crippen LogP contribution in [0.15, 0.2) is 48.8 Å². The van der Waals surface area contributed by atoms with Crippen molar-refractivity contribution in [2.75, 3.05) is 33.3 Å². The van der Waals surface area contributed by atoms with E-state index in [9.17, 15) is 14.8 Å². The minimum atomic E-state index is -0.614. The van der Waals surface area contributed by atoms with Gasteiger partial charge in [0.05, 0.1) is 12.7 Å². The molecular weight excluding hydrogens is 370 g/mol. The number of hydrogen-bond acceptors (Lipinski definition) is 5. The number of rotatable bonds is 4. The average molecular weight is 390 g/mol. The van der Waals surface area contributed by atoms with Crippen molar-refractivity contribution in [2.45, 2.75) is 6.04 Å². The second-order valence-electron chi connectivity index (χ2n) is 6.22. The molecular formula is C19H20ClN3O4. The Labute approximate surface area is 162 Å². The van der Waals surface area contributed by atoms with Crippen LogP contribution in [0.3, 0.4) is 0 Å². The standard InChI is InChI=1S/C19H20ClN3O4/c1-27-19(25)17(15-4-2-3-5-16(15)20)21-10-12-22(13-11-21)18(24)14-6-8-23(26)9-7-14/h2-9,17H,10-13H2,1H3. The van der Waals surface area contributed by atoms with Crippen LogP contribution in [0.4, 0.5) is 0 Å². The van der Waals surface area contributed by atoms with Crippen LogP contribution in [0.5, 0.6) is 0 Å². The van der Waals surface area contributed by atoms with E-state index in [1.807, 2.05) is 23.1 Å². The highest BCUT2D eigenvalue weighted by Crippen LogP contribution is 2.29. The molecule has 7 nitrogen and oxygen atoms in total. The Morgan fingerprint density at radius 2 is 1.74 bits per heavy atom. The Kier molecular flexibility index (Phi) is 5.93. The number of ether oxygens (including phenoxy) is 1. The topological polar surface area (TPSA) is 76.8 Å². The first-order valence-electron chi connectivity index (χ1n) is 8.55. The van der Waals surface area contributed by atoms with Gasteiger partial charge in [-0.05, 0) is 11.6 Å². The molecule has 0 spiro atoms. The van der Waals surface area contributed by atoms with E-state index in [2.05, 4.69) is 0 Å². The van der Waals surface area contributed by atoms with Crippen LogP contribution < -0.4 is 4.73 Å². The number of carbonyl (C=O) groups excluding carboxylic acids is 2. The molecule has 0 radical (unpaired) electrons. The summed E-state index contributed by atoms with van der Waals surface area (Å²) in [5.74, 6) is -0.520. The lowest BCUT2D eigenvalue weighted by Crippen LogP contribution is -2.51. The predicted molar refractivity (Wildman–Crippen MR) is 99.1 cm³/mol. The first-order chi connectivity index (χ1) is 13.0. The smallest absolute Gasteiger partial charge is 0.327 e. The summed E-state index contributed by atoms with van der Waals surface area (Å²) in [6.45, 7) is 1.93. The minimum Gasteiger partial charge on any atom is -0.619 e. The van der Waals surface area contributed by atoms with E-state index < -0.39 is 6.04 Å². The number of amides is 1. The van der Waals surface area contributed by atoms with Crippen LogP contribution >= 0.6 is 11.6 Å². The molecule has 1 atom stereocenters. The second kappa shape index (κ2) is 8.37. The third kappa shape index (κ3) is 4.20. The zero-order valence-corrected chi connectivity index (χ0v) is 15.6. The van der Waals surface area contributed by atoms with Crippen LogP contribution in [-0.4, -0.2) is 55.0 Å². The number of aromatic nitrogens is 1. The van der Waals surface area contributed by atoms with Crippen molar-refractivity contribution in [3.05, 3.63) is 70.1 Å². The maximum Gasteiger partial charge on any atom is 0.327 e. The summed E-state index contributed by atoms with van der Waals surface area (Å²) in [4.78, 5) is 28.7. The maximum absolute atomic E-state index is 12.6. The van der Waals surface area contributed by atoms with Gasteiger partial charge in [0.25, 0.3) is 5.91 Å². The number of pyridine rings is 1. The molecule has 0 bridgehead atoms. The third-order valence-corrected chi connectivity index (χ3v) is 4.98. The number of methoxy groups -OCH3 is 1. The molecule has 1 saturated heterocycles. The fourth-order valence-corrected chi connectivity index (χ4v) is 3.44. The van der Waals surface area contributed by atoms with Crippen molar-refractivity contribution >= 4 is 23.5 Å². The third-order valence-electron chi connectivity index (χ3n) is 4.64. The quantitative estimate of drug-likeness (QED) is 0.451. The molecule has 3 rings (SSSR count). The lowest BCUT2D eigenvalue weighted by atomic mass is 10.0. The fraction of sp³-hybridized carbons (Fsp3) is 0.316. The molecule has 1 fully saturated rings. The van der Waals surface area contributed by atoms with E-state index in [0.717, 1.165) is 0 Å². The number of piperazine rings is 1. The van der Waals surface area contributed by atoms with Gasteiger partial charge in [-0.15, -0.1) is 0 Å². The van der Waals surface area contributed by atoms with Gasteiger partial charge in [0.2, 0.25) is 0 Å². The Bertz CT molecular complexity index is 820. The van der Waals surface area contributed by atoms with Gasteiger partial charge in [0.15, 0.2) is 12.4 Å². The highest BCUT2D eigenvalue weighted by atomic mass is 35.5. The van der Waals surface area contributed by atoms with Crippen LogP contribution in [0.25, 0.3) is 0 Å². The Morgan fingerprint density at radius 1 is 1.11 bits per heavy atom. The van der Waals surface area contributed by atoms with E-state index in [1.165, 1.54) is 31.6 Å². The van der Waals surface area contributed by atoms with Gasteiger partial charge in [-0.1, -0.05) is 29.8 Å². The van der Waals surface area contributed by atoms with Crippen molar-refractivity contribution in [1.29, 1.82) is 0 Å². The molecule has 27 heavy (non-hydrogen) atoms. The predicted octanol–water partition coefficient (Wildman–Crippen LogP) is 1.65. The number of nitrogens with zero attached hydrogens (tertiary/aromatic N) is 3. The number of benzene rings is 1. The molecule has 2 aromatic rings. The van der Waals surface area contributed by atoms with Crippen molar-refractivity contribution in [3.8, 4) is 0 Å². The normalized spacial score (nSPS) is 16.0. The summed E-state index contributed by atoms with van der Waals surface area (Å²) in [5.41, 5.74) is 1.15. The Hall–Kier alpha value is -2.64. The van der Waals surface area contributed by atoms with Crippen LogP contribution in [0.2, 0.25) is 5.02 Å². The van der Waals surface area contributed by atoms with E-state index in [1.54, 1.807) is 11.0 Å². The fourth-order valence-electron chi connectivity index (χ4n) is 3.20. The lowest BCUT2D eigenvalue weighted by Gasteiger charge is -2.38. The molecule has 0 N–H and O–H groups in total. The van der Waals surface area contributed by atoms with Gasteiger partial charge in [-0.25, -0.2) is 4.79 Å². The largest absolute Gasteiger partial charge is 0.619 e. The first kappa shape index (κ1) is 19.1. The lowest BCUT2D eigenvalue weighted by molar-refractivity contribution is -0.605. The van der Waals surface area contributed by atoms with Gasteiger partial charge < -0.3 is 14.8 Å². The van der Waals surface area contributed by atoms with Gasteiger partial charge in [-0.3, -0.25) is 9.69 Å². The van der Waals surface area contributed by atoms with Crippen molar-refractivity contribution in [2.24, 2.45) is 0 Å². The van der Waals surface area contributed by atoms with Crippen LogP contribution in [-0.2, 0) is 9.53 Å². The summed E-state index contributed by atoms with van der Waals surface area (Å²) in [5, 5.41) is 11.6. The maximum atomic E-state index is 12.6. The molecule has 1 aromatic carbocycles. The molecule has 0 saturated carbocycles. The summed E-state index contributed by atoms with van der Waals surface area (Å²) < 4.78 is 5.62. The molecule has 8 heteroatoms. The second-order valence-corrected chi connectivity index (χ2v) is 6.63. The summed E-state index contributed by atoms with van der Waals surface area (Å²) in [7, 11) is 1.35. The van der Waals surface area contributed by atoms with Gasteiger partial charge in [-0.2, -0.15) is 4.73 Å². The zero-order chi connectivity index (χ0) is 19.4. The van der Waals surface area contributed by atoms with Gasteiger partial charge in [0.1, 0.15) is 6.04 Å². The van der Waals surface area contributed by atoms with Crippen molar-refractivity contribution in [1.82, 2.24) is 9.80 Å². The Morgan fingerprint density at radius 3 is 2.33 bits per heavy atom. The van der Waals surface area contributed by atoms with Gasteiger partial charge >= 0.3 is 5.97 Å². The molecule has 0 aliphatic carbocycles. The van der Waals surface area contributed by atoms with E-state index >= 15 is 0 Å². The minimum absolute atomic E-state index is 0.136. The average Bonchev–Trinajstić information content (AvgIpc) is 2.70. The summed E-state index contributed by atoms with van der Waals surface area (Å²) >= 11 is 6.28. The first-order valence-corrected chi connectivity index (χ1v) is 8.93. The molecule has 2 heterocycles. The van der Waals surface area contributed by atoms with Crippen LogP contribution in [0, 0.1) is 5.21 Å². The van der Waals surface area contributed by atoms with Crippen LogP contribution in [0.1, 0.15) is 22.0 Å². The molecule has 1 amide bonds. The molecule has 1 aliphatic rings. The Balaban J connectivity index is 1.72. The highest BCUT2D eigenvalue weighted by molar-refractivity contribution is 6.31. The number of esters is 1. The monoisotopic (exact) mass is 389 g/mol. The molecule has 142 valence electrons. The number of hydrogen-bond donors (Lipinski definition) is 0. The van der Waals surface area contributed by atoms with E-state index in [0.29, 0.717) is 47.1 Å². The van der Waals surface area contributed by atoms with Gasteiger partial charge in [0, 0.05) is 43.3 Å². The highest BCUT2D eigenvalue weighted by Gasteiger charge is 2.33. The summed E-state index contributed by atoms with van der Waals surface area (Å²) in [6, 6.07) is 9.58. The van der Waals surface area contributed by atoms with E-state index in [4.69, 9.17) is 16.3 Å². The molecule has 1 aromatic heterocycles. The molecule has 1 unspecified atom stereocenters. The molecule has 1 aliphatic heterocycles. The zero-order valence-electron chi connectivity index (χ0n) is 14.9. The van der Waals surface area contributed by atoms with E-state index in [-0.39, 0.29) is 11.9 Å². The number of halogens is 1. The van der Waals surface area contributed by atoms with Crippen molar-refractivity contribution < 1.29 is 19.1 Å². The SMILES string of the molecule is COC(=O)C(c1ccccc1Cl)N1CCN(C(=O)c2cc[n+]([O-])cc2)CC1.